The van der Waals surface area contributed by atoms with Gasteiger partial charge in [0.2, 0.25) is 0 Å². The van der Waals surface area contributed by atoms with E-state index in [-0.39, 0.29) is 11.5 Å². The molecule has 2 N–H and O–H groups in total. The number of likely N-dealkylation sites (N-methyl/N-ethyl adjacent to an activating group) is 1. The molecule has 0 aliphatic carbocycles. The van der Waals surface area contributed by atoms with E-state index in [1.807, 2.05) is 0 Å². The highest BCUT2D eigenvalue weighted by molar-refractivity contribution is 5.99. The summed E-state index contributed by atoms with van der Waals surface area (Å²) in [4.78, 5) is 16.4. The molecule has 104 valence electrons. The number of hydrogen-bond donors (Lipinski definition) is 1. The predicted molar refractivity (Wildman–Crippen MR) is 73.4 cm³/mol. The molecule has 1 aromatic rings. The Morgan fingerprint density at radius 3 is 2.84 bits per heavy atom. The Labute approximate surface area is 113 Å². The van der Waals surface area contributed by atoms with Gasteiger partial charge in [-0.1, -0.05) is 6.92 Å². The lowest BCUT2D eigenvalue weighted by Crippen LogP contribution is -2.53. The Balaban J connectivity index is 2.14. The predicted octanol–water partition coefficient (Wildman–Crippen LogP) is 1.57. The molecular formula is C14H20FN3O. The van der Waals surface area contributed by atoms with Crippen LogP contribution in [0.15, 0.2) is 18.2 Å². The second kappa shape index (κ2) is 5.57. The molecule has 0 radical (unpaired) electrons. The molecule has 0 aromatic heterocycles. The number of piperazine rings is 1. The standard InChI is InChI=1S/C14H20FN3O/c1-3-17-6-7-18(9-10(17)2)14(19)12-8-11(15)4-5-13(12)16/h4-5,8,10H,3,6-7,9,16H2,1-2H3. The molecule has 1 aliphatic rings. The minimum atomic E-state index is -0.433. The van der Waals surface area contributed by atoms with Gasteiger partial charge < -0.3 is 10.6 Å². The number of nitrogen functional groups attached to an aromatic ring is 1. The molecule has 1 heterocycles. The fraction of sp³-hybridized carbons (Fsp3) is 0.500. The first-order valence-electron chi connectivity index (χ1n) is 6.61. The zero-order valence-corrected chi connectivity index (χ0v) is 11.4. The molecule has 1 fully saturated rings. The van der Waals surface area contributed by atoms with Crippen LogP contribution in [0.1, 0.15) is 24.2 Å². The van der Waals surface area contributed by atoms with Crippen molar-refractivity contribution in [2.45, 2.75) is 19.9 Å². The van der Waals surface area contributed by atoms with Gasteiger partial charge in [0, 0.05) is 31.4 Å². The van der Waals surface area contributed by atoms with Gasteiger partial charge in [-0.2, -0.15) is 0 Å². The normalized spacial score (nSPS) is 20.6. The van der Waals surface area contributed by atoms with E-state index in [2.05, 4.69) is 18.7 Å². The van der Waals surface area contributed by atoms with E-state index in [0.717, 1.165) is 13.1 Å². The summed E-state index contributed by atoms with van der Waals surface area (Å²) in [5.41, 5.74) is 6.35. The monoisotopic (exact) mass is 265 g/mol. The summed E-state index contributed by atoms with van der Waals surface area (Å²) in [6, 6.07) is 4.24. The number of benzene rings is 1. The number of carbonyl (C=O) groups is 1. The highest BCUT2D eigenvalue weighted by Crippen LogP contribution is 2.18. The van der Waals surface area contributed by atoms with E-state index in [9.17, 15) is 9.18 Å². The molecule has 0 saturated carbocycles. The summed E-state index contributed by atoms with van der Waals surface area (Å²) in [5, 5.41) is 0. The molecule has 2 rings (SSSR count). The smallest absolute Gasteiger partial charge is 0.256 e. The van der Waals surface area contributed by atoms with Crippen molar-refractivity contribution in [1.29, 1.82) is 0 Å². The lowest BCUT2D eigenvalue weighted by Gasteiger charge is -2.39. The number of rotatable bonds is 2. The van der Waals surface area contributed by atoms with Crippen molar-refractivity contribution in [1.82, 2.24) is 9.80 Å². The second-order valence-corrected chi connectivity index (χ2v) is 4.96. The van der Waals surface area contributed by atoms with Crippen LogP contribution in [-0.4, -0.2) is 47.9 Å². The molecular weight excluding hydrogens is 245 g/mol. The lowest BCUT2D eigenvalue weighted by atomic mass is 10.1. The highest BCUT2D eigenvalue weighted by atomic mass is 19.1. The van der Waals surface area contributed by atoms with Crippen LogP contribution in [0, 0.1) is 5.82 Å². The first-order valence-corrected chi connectivity index (χ1v) is 6.61. The molecule has 4 nitrogen and oxygen atoms in total. The quantitative estimate of drug-likeness (QED) is 0.826. The number of nitrogens with zero attached hydrogens (tertiary/aromatic N) is 2. The fourth-order valence-corrected chi connectivity index (χ4v) is 2.53. The van der Waals surface area contributed by atoms with E-state index < -0.39 is 5.82 Å². The molecule has 0 spiro atoms. The second-order valence-electron chi connectivity index (χ2n) is 4.96. The zero-order chi connectivity index (χ0) is 14.0. The molecule has 5 heteroatoms. The Kier molecular flexibility index (Phi) is 4.04. The summed E-state index contributed by atoms with van der Waals surface area (Å²) >= 11 is 0. The van der Waals surface area contributed by atoms with Crippen LogP contribution in [-0.2, 0) is 0 Å². The minimum Gasteiger partial charge on any atom is -0.398 e. The van der Waals surface area contributed by atoms with E-state index in [0.29, 0.717) is 24.8 Å². The van der Waals surface area contributed by atoms with Gasteiger partial charge in [-0.15, -0.1) is 0 Å². The van der Waals surface area contributed by atoms with Crippen LogP contribution in [0.3, 0.4) is 0 Å². The molecule has 1 saturated heterocycles. The number of hydrogen-bond acceptors (Lipinski definition) is 3. The number of nitrogens with two attached hydrogens (primary N) is 1. The van der Waals surface area contributed by atoms with Crippen LogP contribution in [0.4, 0.5) is 10.1 Å². The third-order valence-corrected chi connectivity index (χ3v) is 3.70. The average molecular weight is 265 g/mol. The Morgan fingerprint density at radius 2 is 2.21 bits per heavy atom. The van der Waals surface area contributed by atoms with Gasteiger partial charge in [0.25, 0.3) is 5.91 Å². The summed E-state index contributed by atoms with van der Waals surface area (Å²) in [7, 11) is 0. The molecule has 1 aliphatic heterocycles. The molecule has 1 aromatic carbocycles. The minimum absolute atomic E-state index is 0.181. The Hall–Kier alpha value is -1.62. The van der Waals surface area contributed by atoms with Crippen molar-refractivity contribution in [3.63, 3.8) is 0 Å². The van der Waals surface area contributed by atoms with Gasteiger partial charge in [0.15, 0.2) is 0 Å². The third kappa shape index (κ3) is 2.87. The maximum absolute atomic E-state index is 13.2. The first-order chi connectivity index (χ1) is 9.02. The summed E-state index contributed by atoms with van der Waals surface area (Å²) in [6.07, 6.45) is 0. The van der Waals surface area contributed by atoms with Crippen LogP contribution in [0.25, 0.3) is 0 Å². The largest absolute Gasteiger partial charge is 0.398 e. The third-order valence-electron chi connectivity index (χ3n) is 3.70. The van der Waals surface area contributed by atoms with Crippen molar-refractivity contribution in [2.75, 3.05) is 31.9 Å². The highest BCUT2D eigenvalue weighted by Gasteiger charge is 2.27. The van der Waals surface area contributed by atoms with Gasteiger partial charge in [-0.3, -0.25) is 9.69 Å². The molecule has 1 amide bonds. The summed E-state index contributed by atoms with van der Waals surface area (Å²) < 4.78 is 13.2. The SMILES string of the molecule is CCN1CCN(C(=O)c2cc(F)ccc2N)CC1C. The number of anilines is 1. The zero-order valence-electron chi connectivity index (χ0n) is 11.4. The van der Waals surface area contributed by atoms with Gasteiger partial charge in [0.1, 0.15) is 5.82 Å². The van der Waals surface area contributed by atoms with Crippen molar-refractivity contribution in [3.05, 3.63) is 29.6 Å². The van der Waals surface area contributed by atoms with Gasteiger partial charge >= 0.3 is 0 Å². The topological polar surface area (TPSA) is 49.6 Å². The Bertz CT molecular complexity index is 478. The van der Waals surface area contributed by atoms with Gasteiger partial charge in [0.05, 0.1) is 5.56 Å². The van der Waals surface area contributed by atoms with Crippen molar-refractivity contribution in [3.8, 4) is 0 Å². The number of carbonyl (C=O) groups excluding carboxylic acids is 1. The summed E-state index contributed by atoms with van der Waals surface area (Å²) in [5.74, 6) is -0.614. The van der Waals surface area contributed by atoms with Crippen molar-refractivity contribution in [2.24, 2.45) is 0 Å². The first kappa shape index (κ1) is 13.8. The van der Waals surface area contributed by atoms with E-state index >= 15 is 0 Å². The number of amides is 1. The average Bonchev–Trinajstić information content (AvgIpc) is 2.40. The number of halogens is 1. The molecule has 0 bridgehead atoms. The van der Waals surface area contributed by atoms with Crippen LogP contribution < -0.4 is 5.73 Å². The fourth-order valence-electron chi connectivity index (χ4n) is 2.53. The Morgan fingerprint density at radius 1 is 1.47 bits per heavy atom. The van der Waals surface area contributed by atoms with Crippen molar-refractivity contribution >= 4 is 11.6 Å². The van der Waals surface area contributed by atoms with E-state index in [4.69, 9.17) is 5.73 Å². The van der Waals surface area contributed by atoms with Gasteiger partial charge in [-0.25, -0.2) is 4.39 Å². The van der Waals surface area contributed by atoms with E-state index in [1.54, 1.807) is 4.90 Å². The maximum atomic E-state index is 13.2. The lowest BCUT2D eigenvalue weighted by molar-refractivity contribution is 0.0529. The van der Waals surface area contributed by atoms with Crippen molar-refractivity contribution < 1.29 is 9.18 Å². The molecule has 1 atom stereocenters. The summed E-state index contributed by atoms with van der Waals surface area (Å²) in [6.45, 7) is 7.34. The van der Waals surface area contributed by atoms with Crippen LogP contribution in [0.5, 0.6) is 0 Å². The molecule has 1 unspecified atom stereocenters. The molecule has 19 heavy (non-hydrogen) atoms. The maximum Gasteiger partial charge on any atom is 0.256 e. The van der Waals surface area contributed by atoms with Crippen LogP contribution in [0.2, 0.25) is 0 Å². The van der Waals surface area contributed by atoms with Crippen LogP contribution >= 0.6 is 0 Å². The van der Waals surface area contributed by atoms with Gasteiger partial charge in [-0.05, 0) is 31.7 Å². The van der Waals surface area contributed by atoms with E-state index in [1.165, 1.54) is 18.2 Å².